The van der Waals surface area contributed by atoms with Crippen molar-refractivity contribution in [2.24, 2.45) is 5.92 Å². The zero-order valence-electron chi connectivity index (χ0n) is 20.7. The summed E-state index contributed by atoms with van der Waals surface area (Å²) >= 11 is 1.37. The Bertz CT molecular complexity index is 1240. The van der Waals surface area contributed by atoms with E-state index in [0.29, 0.717) is 19.5 Å². The normalized spacial score (nSPS) is 15.6. The maximum Gasteiger partial charge on any atom is 0.224 e. The van der Waals surface area contributed by atoms with E-state index < -0.39 is 0 Å². The van der Waals surface area contributed by atoms with Crippen LogP contribution in [0, 0.1) is 11.7 Å². The number of hydrogen-bond acceptors (Lipinski definition) is 5. The number of hydrogen-bond donors (Lipinski definition) is 1. The number of anilines is 1. The third kappa shape index (κ3) is 6.60. The molecule has 0 saturated carbocycles. The molecule has 190 valence electrons. The van der Waals surface area contributed by atoms with Gasteiger partial charge in [0.1, 0.15) is 11.6 Å². The quantitative estimate of drug-likeness (QED) is 0.306. The van der Waals surface area contributed by atoms with Crippen LogP contribution in [-0.2, 0) is 11.2 Å². The minimum atomic E-state index is -0.246. The van der Waals surface area contributed by atoms with Crippen LogP contribution in [0.25, 0.3) is 0 Å². The second kappa shape index (κ2) is 12.1. The van der Waals surface area contributed by atoms with Gasteiger partial charge in [-0.25, -0.2) is 9.37 Å². The van der Waals surface area contributed by atoms with Crippen LogP contribution in [0.2, 0.25) is 0 Å². The predicted molar refractivity (Wildman–Crippen MR) is 146 cm³/mol. The molecule has 0 radical (unpaired) electrons. The summed E-state index contributed by atoms with van der Waals surface area (Å²) in [6.07, 6.45) is 3.24. The molecule has 1 atom stereocenters. The van der Waals surface area contributed by atoms with E-state index >= 15 is 0 Å². The molecule has 1 aliphatic heterocycles. The van der Waals surface area contributed by atoms with Gasteiger partial charge in [0.2, 0.25) is 11.0 Å². The first-order valence-corrected chi connectivity index (χ1v) is 13.6. The number of carbonyl (C=O) groups is 1. The van der Waals surface area contributed by atoms with Crippen LogP contribution < -0.4 is 10.2 Å². The number of carbonyl (C=O) groups excluding carboxylic acids is 1. The van der Waals surface area contributed by atoms with Crippen LogP contribution >= 0.6 is 11.5 Å². The molecule has 0 aliphatic carbocycles. The lowest BCUT2D eigenvalue weighted by Gasteiger charge is -2.31. The highest BCUT2D eigenvalue weighted by Crippen LogP contribution is 2.28. The summed E-state index contributed by atoms with van der Waals surface area (Å²) in [4.78, 5) is 20.0. The fraction of sp³-hybridized carbons (Fsp3) is 0.300. The Morgan fingerprint density at radius 3 is 2.35 bits per heavy atom. The largest absolute Gasteiger partial charge is 0.356 e. The summed E-state index contributed by atoms with van der Waals surface area (Å²) in [7, 11) is 0. The molecular weight excluding hydrogens is 483 g/mol. The highest BCUT2D eigenvalue weighted by atomic mass is 32.1. The van der Waals surface area contributed by atoms with Gasteiger partial charge in [-0.1, -0.05) is 72.8 Å². The summed E-state index contributed by atoms with van der Waals surface area (Å²) in [5.41, 5.74) is 3.50. The van der Waals surface area contributed by atoms with Crippen LogP contribution in [0.5, 0.6) is 0 Å². The number of amides is 1. The lowest BCUT2D eigenvalue weighted by Crippen LogP contribution is -2.43. The van der Waals surface area contributed by atoms with Crippen LogP contribution in [0.4, 0.5) is 9.52 Å². The van der Waals surface area contributed by atoms with Gasteiger partial charge < -0.3 is 10.2 Å². The molecule has 1 aromatic heterocycles. The number of benzene rings is 3. The van der Waals surface area contributed by atoms with Crippen molar-refractivity contribution in [2.75, 3.05) is 24.5 Å². The minimum Gasteiger partial charge on any atom is -0.356 e. The predicted octanol–water partition coefficient (Wildman–Crippen LogP) is 5.82. The zero-order valence-corrected chi connectivity index (χ0v) is 21.5. The van der Waals surface area contributed by atoms with E-state index in [1.807, 2.05) is 12.1 Å². The van der Waals surface area contributed by atoms with E-state index in [4.69, 9.17) is 4.98 Å². The first-order chi connectivity index (χ1) is 18.2. The molecule has 5 nitrogen and oxygen atoms in total. The van der Waals surface area contributed by atoms with E-state index in [0.717, 1.165) is 42.3 Å². The lowest BCUT2D eigenvalue weighted by molar-refractivity contribution is -0.125. The van der Waals surface area contributed by atoms with Crippen molar-refractivity contribution >= 4 is 22.6 Å². The molecule has 1 fully saturated rings. The molecule has 5 rings (SSSR count). The third-order valence-corrected chi connectivity index (χ3v) is 7.75. The van der Waals surface area contributed by atoms with E-state index in [1.165, 1.54) is 34.8 Å². The smallest absolute Gasteiger partial charge is 0.224 e. The molecule has 0 bridgehead atoms. The minimum absolute atomic E-state index is 0.0647. The number of nitrogens with one attached hydrogen (secondary N) is 1. The van der Waals surface area contributed by atoms with Crippen molar-refractivity contribution < 1.29 is 9.18 Å². The van der Waals surface area contributed by atoms with Gasteiger partial charge in [0.25, 0.3) is 0 Å². The second-order valence-electron chi connectivity index (χ2n) is 9.54. The number of nitrogens with zero attached hydrogens (tertiary/aromatic N) is 3. The molecule has 1 unspecified atom stereocenters. The fourth-order valence-corrected chi connectivity index (χ4v) is 5.70. The molecule has 1 saturated heterocycles. The number of aromatic nitrogens is 2. The molecule has 7 heteroatoms. The van der Waals surface area contributed by atoms with Gasteiger partial charge in [-0.05, 0) is 48.1 Å². The van der Waals surface area contributed by atoms with Gasteiger partial charge in [-0.3, -0.25) is 4.79 Å². The Hall–Kier alpha value is -3.58. The highest BCUT2D eigenvalue weighted by Gasteiger charge is 2.28. The zero-order chi connectivity index (χ0) is 25.5. The Kier molecular flexibility index (Phi) is 8.21. The molecule has 1 amide bonds. The fourth-order valence-electron chi connectivity index (χ4n) is 4.98. The van der Waals surface area contributed by atoms with Crippen LogP contribution in [0.15, 0.2) is 84.9 Å². The van der Waals surface area contributed by atoms with Crippen molar-refractivity contribution in [1.82, 2.24) is 14.7 Å². The van der Waals surface area contributed by atoms with E-state index in [9.17, 15) is 9.18 Å². The second-order valence-corrected chi connectivity index (χ2v) is 10.3. The molecule has 4 aromatic rings. The number of piperidine rings is 1. The SMILES string of the molecule is O=C(NCCC(c1ccccc1)c1ccccc1)C1CCCN(c2nc(Cc3ccc(F)cc3)ns2)C1. The number of halogens is 1. The molecule has 1 N–H and O–H groups in total. The average Bonchev–Trinajstić information content (AvgIpc) is 3.42. The van der Waals surface area contributed by atoms with Crippen LogP contribution in [-0.4, -0.2) is 34.9 Å². The maximum atomic E-state index is 13.2. The lowest BCUT2D eigenvalue weighted by atomic mass is 9.88. The average molecular weight is 515 g/mol. The summed E-state index contributed by atoms with van der Waals surface area (Å²) in [6, 6.07) is 27.4. The molecule has 2 heterocycles. The third-order valence-electron chi connectivity index (χ3n) is 6.93. The Morgan fingerprint density at radius 2 is 1.68 bits per heavy atom. The highest BCUT2D eigenvalue weighted by molar-refractivity contribution is 7.09. The summed E-state index contributed by atoms with van der Waals surface area (Å²) < 4.78 is 17.7. The Morgan fingerprint density at radius 1 is 1.00 bits per heavy atom. The molecular formula is C30H31FN4OS. The van der Waals surface area contributed by atoms with Crippen molar-refractivity contribution in [1.29, 1.82) is 0 Å². The molecule has 3 aromatic carbocycles. The summed E-state index contributed by atoms with van der Waals surface area (Å²) in [6.45, 7) is 2.15. The molecule has 1 aliphatic rings. The standard InChI is InChI=1S/C30H31FN4OS/c31-26-15-13-22(14-16-26)20-28-33-30(37-34-28)35-19-7-12-25(21-35)29(36)32-18-17-27(23-8-3-1-4-9-23)24-10-5-2-6-11-24/h1-6,8-11,13-16,25,27H,7,12,17-21H2,(H,32,36). The van der Waals surface area contributed by atoms with Gasteiger partial charge in [0, 0.05) is 43.5 Å². The van der Waals surface area contributed by atoms with Gasteiger partial charge >= 0.3 is 0 Å². The first-order valence-electron chi connectivity index (χ1n) is 12.9. The van der Waals surface area contributed by atoms with E-state index in [2.05, 4.69) is 63.1 Å². The van der Waals surface area contributed by atoms with E-state index in [-0.39, 0.29) is 23.6 Å². The molecule has 0 spiro atoms. The number of rotatable bonds is 9. The van der Waals surface area contributed by atoms with Gasteiger partial charge in [-0.2, -0.15) is 4.37 Å². The molecule has 37 heavy (non-hydrogen) atoms. The monoisotopic (exact) mass is 514 g/mol. The Labute approximate surface area is 221 Å². The topological polar surface area (TPSA) is 58.1 Å². The van der Waals surface area contributed by atoms with Crippen molar-refractivity contribution in [3.8, 4) is 0 Å². The van der Waals surface area contributed by atoms with Gasteiger partial charge in [0.05, 0.1) is 5.92 Å². The first kappa shape index (κ1) is 25.1. The summed E-state index contributed by atoms with van der Waals surface area (Å²) in [5.74, 6) is 0.771. The van der Waals surface area contributed by atoms with Crippen molar-refractivity contribution in [3.05, 3.63) is 113 Å². The van der Waals surface area contributed by atoms with Gasteiger partial charge in [0.15, 0.2) is 0 Å². The van der Waals surface area contributed by atoms with E-state index in [1.54, 1.807) is 12.1 Å². The maximum absolute atomic E-state index is 13.2. The van der Waals surface area contributed by atoms with Crippen LogP contribution in [0.1, 0.15) is 47.7 Å². The Balaban J connectivity index is 1.16. The summed E-state index contributed by atoms with van der Waals surface area (Å²) in [5, 5.41) is 4.06. The van der Waals surface area contributed by atoms with Crippen LogP contribution in [0.3, 0.4) is 0 Å². The van der Waals surface area contributed by atoms with Crippen molar-refractivity contribution in [2.45, 2.75) is 31.6 Å². The van der Waals surface area contributed by atoms with Gasteiger partial charge in [-0.15, -0.1) is 0 Å². The van der Waals surface area contributed by atoms with Crippen molar-refractivity contribution in [3.63, 3.8) is 0 Å².